The number of amides is 1. The van der Waals surface area contributed by atoms with Crippen molar-refractivity contribution in [2.24, 2.45) is 0 Å². The summed E-state index contributed by atoms with van der Waals surface area (Å²) in [5.74, 6) is 1.23. The first-order valence-corrected chi connectivity index (χ1v) is 13.9. The maximum absolute atomic E-state index is 13.1. The van der Waals surface area contributed by atoms with Gasteiger partial charge >= 0.3 is 0 Å². The second-order valence-electron chi connectivity index (χ2n) is 10.1. The molecule has 0 saturated heterocycles. The number of benzene rings is 2. The van der Waals surface area contributed by atoms with Crippen molar-refractivity contribution in [3.05, 3.63) is 75.4 Å². The number of hydrogen-bond acceptors (Lipinski definition) is 7. The summed E-state index contributed by atoms with van der Waals surface area (Å²) in [5, 5.41) is 7.91. The number of carbonyl (C=O) groups excluding carboxylic acids is 1. The van der Waals surface area contributed by atoms with Crippen molar-refractivity contribution >= 4 is 17.2 Å². The van der Waals surface area contributed by atoms with E-state index in [1.807, 2.05) is 37.3 Å². The highest BCUT2D eigenvalue weighted by atomic mass is 32.1. The van der Waals surface area contributed by atoms with Crippen molar-refractivity contribution in [3.63, 3.8) is 0 Å². The van der Waals surface area contributed by atoms with E-state index >= 15 is 0 Å². The monoisotopic (exact) mass is 530 g/mol. The third-order valence-electron chi connectivity index (χ3n) is 6.85. The molecule has 1 aliphatic heterocycles. The number of likely N-dealkylation sites (N-methyl/N-ethyl adjacent to an activating group) is 1. The van der Waals surface area contributed by atoms with Crippen LogP contribution in [0.5, 0.6) is 5.75 Å². The van der Waals surface area contributed by atoms with Crippen LogP contribution in [-0.4, -0.2) is 41.1 Å². The van der Waals surface area contributed by atoms with Gasteiger partial charge in [0, 0.05) is 24.5 Å². The summed E-state index contributed by atoms with van der Waals surface area (Å²) >= 11 is 1.62. The Morgan fingerprint density at radius 1 is 1.24 bits per heavy atom. The maximum Gasteiger partial charge on any atom is 0.274 e. The van der Waals surface area contributed by atoms with Gasteiger partial charge in [0.15, 0.2) is 11.5 Å². The van der Waals surface area contributed by atoms with Gasteiger partial charge in [0.2, 0.25) is 0 Å². The lowest BCUT2D eigenvalue weighted by Crippen LogP contribution is -2.25. The molecule has 38 heavy (non-hydrogen) atoms. The molecular formula is C30H34N4O3S. The zero-order valence-corrected chi connectivity index (χ0v) is 23.4. The van der Waals surface area contributed by atoms with Crippen LogP contribution in [0.2, 0.25) is 0 Å². The molecule has 198 valence electrons. The number of ether oxygens (including phenoxy) is 1. The Kier molecular flexibility index (Phi) is 7.63. The van der Waals surface area contributed by atoms with Crippen LogP contribution in [-0.2, 0) is 19.6 Å². The lowest BCUT2D eigenvalue weighted by atomic mass is 9.93. The number of hydrogen-bond donors (Lipinski definition) is 1. The zero-order valence-electron chi connectivity index (χ0n) is 22.6. The number of aryl methyl sites for hydroxylation is 1. The van der Waals surface area contributed by atoms with Gasteiger partial charge in [0.05, 0.1) is 16.8 Å². The third-order valence-corrected chi connectivity index (χ3v) is 8.02. The molecule has 1 N–H and O–H groups in total. The Morgan fingerprint density at radius 2 is 2.03 bits per heavy atom. The minimum atomic E-state index is -0.272. The van der Waals surface area contributed by atoms with Gasteiger partial charge in [-0.3, -0.25) is 4.79 Å². The van der Waals surface area contributed by atoms with Crippen molar-refractivity contribution in [1.29, 1.82) is 0 Å². The van der Waals surface area contributed by atoms with Crippen LogP contribution >= 0.6 is 11.3 Å². The summed E-state index contributed by atoms with van der Waals surface area (Å²) < 4.78 is 12.4. The molecule has 5 rings (SSSR count). The average molecular weight is 531 g/mol. The van der Waals surface area contributed by atoms with E-state index in [2.05, 4.69) is 55.3 Å². The van der Waals surface area contributed by atoms with Crippen molar-refractivity contribution in [1.82, 2.24) is 20.4 Å². The maximum atomic E-state index is 13.1. The Labute approximate surface area is 227 Å². The number of nitrogens with one attached hydrogen (secondary N) is 1. The molecule has 2 aromatic carbocycles. The number of carbonyl (C=O) groups is 1. The Balaban J connectivity index is 1.66. The topological polar surface area (TPSA) is 80.5 Å². The number of thiazole rings is 1. The minimum absolute atomic E-state index is 0.252. The van der Waals surface area contributed by atoms with Crippen molar-refractivity contribution in [2.75, 3.05) is 20.1 Å². The van der Waals surface area contributed by atoms with E-state index in [-0.39, 0.29) is 11.6 Å². The molecule has 0 bridgehead atoms. The quantitative estimate of drug-likeness (QED) is 0.292. The van der Waals surface area contributed by atoms with Gasteiger partial charge < -0.3 is 19.5 Å². The smallest absolute Gasteiger partial charge is 0.274 e. The molecule has 0 atom stereocenters. The first-order chi connectivity index (χ1) is 18.4. The van der Waals surface area contributed by atoms with Gasteiger partial charge in [-0.2, -0.15) is 0 Å². The van der Waals surface area contributed by atoms with Crippen LogP contribution in [0.3, 0.4) is 0 Å². The molecule has 0 spiro atoms. The summed E-state index contributed by atoms with van der Waals surface area (Å²) in [6.45, 7) is 11.0. The van der Waals surface area contributed by atoms with Crippen molar-refractivity contribution < 1.29 is 14.1 Å². The molecular weight excluding hydrogens is 496 g/mol. The van der Waals surface area contributed by atoms with E-state index in [0.717, 1.165) is 46.9 Å². The van der Waals surface area contributed by atoms with Crippen LogP contribution in [0, 0.1) is 6.92 Å². The van der Waals surface area contributed by atoms with Gasteiger partial charge in [0.25, 0.3) is 5.91 Å². The fourth-order valence-electron chi connectivity index (χ4n) is 4.86. The molecule has 8 heteroatoms. The average Bonchev–Trinajstić information content (AvgIpc) is 3.52. The molecule has 0 saturated carbocycles. The molecule has 1 aliphatic rings. The lowest BCUT2D eigenvalue weighted by Gasteiger charge is -2.20. The number of rotatable bonds is 8. The summed E-state index contributed by atoms with van der Waals surface area (Å²) in [6, 6.07) is 14.3. The number of fused-ring (bicyclic) bond motifs is 1. The molecule has 0 fully saturated rings. The second-order valence-corrected chi connectivity index (χ2v) is 11.2. The molecule has 3 heterocycles. The minimum Gasteiger partial charge on any atom is -0.488 e. The Hall–Kier alpha value is -3.49. The standard InChI is InChI=1S/C30H34N4O3S/c1-6-31-29(35)27-26(30-32-23-16-34(5)13-12-25(23)38-30)28(37-33-27)22-15-21(18(2)3)19(4)14-24(22)36-17-20-10-8-7-9-11-20/h7-11,14-15,18H,6,12-13,16-17H2,1-5H3,(H,31,35). The number of aromatic nitrogens is 2. The van der Waals surface area contributed by atoms with E-state index in [1.165, 1.54) is 10.4 Å². The second kappa shape index (κ2) is 11.1. The van der Waals surface area contributed by atoms with Crippen LogP contribution < -0.4 is 10.1 Å². The van der Waals surface area contributed by atoms with Crippen LogP contribution in [0.25, 0.3) is 21.9 Å². The van der Waals surface area contributed by atoms with E-state index in [9.17, 15) is 4.79 Å². The van der Waals surface area contributed by atoms with E-state index < -0.39 is 0 Å². The summed E-state index contributed by atoms with van der Waals surface area (Å²) in [6.07, 6.45) is 0.939. The SMILES string of the molecule is CCNC(=O)c1noc(-c2cc(C(C)C)c(C)cc2OCc2ccccc2)c1-c1nc2c(s1)CCN(C)C2. The predicted molar refractivity (Wildman–Crippen MR) is 151 cm³/mol. The van der Waals surface area contributed by atoms with Gasteiger partial charge in [0.1, 0.15) is 17.4 Å². The van der Waals surface area contributed by atoms with Crippen molar-refractivity contribution in [3.8, 4) is 27.6 Å². The highest BCUT2D eigenvalue weighted by Crippen LogP contribution is 2.44. The van der Waals surface area contributed by atoms with Crippen LogP contribution in [0.1, 0.15) is 64.4 Å². The molecule has 0 radical (unpaired) electrons. The molecule has 4 aromatic rings. The normalized spacial score (nSPS) is 13.5. The highest BCUT2D eigenvalue weighted by molar-refractivity contribution is 7.15. The van der Waals surface area contributed by atoms with Gasteiger partial charge in [-0.15, -0.1) is 11.3 Å². The lowest BCUT2D eigenvalue weighted by molar-refractivity contribution is 0.0947. The predicted octanol–water partition coefficient (Wildman–Crippen LogP) is 6.21. The Bertz CT molecular complexity index is 1440. The fraction of sp³-hybridized carbons (Fsp3) is 0.367. The summed E-state index contributed by atoms with van der Waals surface area (Å²) in [7, 11) is 2.10. The summed E-state index contributed by atoms with van der Waals surface area (Å²) in [5.41, 5.74) is 6.11. The third kappa shape index (κ3) is 5.24. The zero-order chi connectivity index (χ0) is 26.8. The van der Waals surface area contributed by atoms with Crippen LogP contribution in [0.4, 0.5) is 0 Å². The molecule has 0 unspecified atom stereocenters. The Morgan fingerprint density at radius 3 is 2.76 bits per heavy atom. The first-order valence-electron chi connectivity index (χ1n) is 13.1. The largest absolute Gasteiger partial charge is 0.488 e. The van der Waals surface area contributed by atoms with Gasteiger partial charge in [-0.05, 0) is 62.1 Å². The van der Waals surface area contributed by atoms with Crippen LogP contribution in [0.15, 0.2) is 47.0 Å². The molecule has 1 amide bonds. The molecule has 2 aromatic heterocycles. The van der Waals surface area contributed by atoms with E-state index in [1.54, 1.807) is 11.3 Å². The van der Waals surface area contributed by atoms with Gasteiger partial charge in [-0.25, -0.2) is 4.98 Å². The van der Waals surface area contributed by atoms with Crippen molar-refractivity contribution in [2.45, 2.75) is 53.2 Å². The molecule has 7 nitrogen and oxygen atoms in total. The van der Waals surface area contributed by atoms with E-state index in [0.29, 0.717) is 36.1 Å². The van der Waals surface area contributed by atoms with Gasteiger partial charge in [-0.1, -0.05) is 49.3 Å². The highest BCUT2D eigenvalue weighted by Gasteiger charge is 2.30. The fourth-order valence-corrected chi connectivity index (χ4v) is 5.96. The first kappa shape index (κ1) is 26.1. The number of nitrogens with zero attached hydrogens (tertiary/aromatic N) is 3. The summed E-state index contributed by atoms with van der Waals surface area (Å²) in [4.78, 5) is 21.6. The van der Waals surface area contributed by atoms with E-state index in [4.69, 9.17) is 14.2 Å². The molecule has 0 aliphatic carbocycles.